The normalized spacial score (nSPS) is 11.0. The molecule has 1 aromatic heterocycles. The van der Waals surface area contributed by atoms with E-state index >= 15 is 0 Å². The van der Waals surface area contributed by atoms with Crippen LogP contribution in [0.1, 0.15) is 16.8 Å². The number of hydrogen-bond acceptors (Lipinski definition) is 3. The third-order valence-electron chi connectivity index (χ3n) is 3.42. The van der Waals surface area contributed by atoms with Gasteiger partial charge in [0.15, 0.2) is 0 Å². The summed E-state index contributed by atoms with van der Waals surface area (Å²) >= 11 is 0. The third-order valence-corrected chi connectivity index (χ3v) is 3.42. The van der Waals surface area contributed by atoms with Crippen LogP contribution in [0.2, 0.25) is 0 Å². The molecule has 114 valence electrons. The molecule has 0 aliphatic carbocycles. The Kier molecular flexibility index (Phi) is 4.01. The van der Waals surface area contributed by atoms with Gasteiger partial charge in [-0.2, -0.15) is 5.10 Å². The van der Waals surface area contributed by atoms with Gasteiger partial charge in [-0.3, -0.25) is 4.79 Å². The highest BCUT2D eigenvalue weighted by atomic mass is 16.2. The summed E-state index contributed by atoms with van der Waals surface area (Å²) in [5, 5.41) is 6.20. The number of aromatic amines is 1. The maximum Gasteiger partial charge on any atom is 0.349 e. The maximum atomic E-state index is 12.5. The van der Waals surface area contributed by atoms with E-state index in [1.807, 2.05) is 49.4 Å². The molecule has 5 nitrogen and oxygen atoms in total. The molecule has 0 saturated carbocycles. The molecule has 0 aliphatic heterocycles. The minimum Gasteiger partial charge on any atom is -0.266 e. The Morgan fingerprint density at radius 1 is 0.957 bits per heavy atom. The summed E-state index contributed by atoms with van der Waals surface area (Å²) < 4.78 is 1.08. The summed E-state index contributed by atoms with van der Waals surface area (Å²) in [7, 11) is 0. The molecular formula is C18H15N3O2. The van der Waals surface area contributed by atoms with Crippen molar-refractivity contribution in [2.75, 3.05) is 0 Å². The van der Waals surface area contributed by atoms with E-state index in [0.29, 0.717) is 5.69 Å². The molecule has 3 rings (SSSR count). The monoisotopic (exact) mass is 305 g/mol. The first-order valence-electron chi connectivity index (χ1n) is 7.17. The Bertz CT molecular complexity index is 952. The van der Waals surface area contributed by atoms with Gasteiger partial charge in [0.2, 0.25) is 0 Å². The average Bonchev–Trinajstić information content (AvgIpc) is 2.57. The molecule has 1 heterocycles. The van der Waals surface area contributed by atoms with Gasteiger partial charge in [-0.15, -0.1) is 0 Å². The molecule has 5 heteroatoms. The zero-order valence-corrected chi connectivity index (χ0v) is 12.6. The number of hydrogen-bond donors (Lipinski definition) is 1. The van der Waals surface area contributed by atoms with E-state index in [0.717, 1.165) is 15.7 Å². The standard InChI is InChI=1S/C18H15N3O2/c1-13-7-10-15(11-8-13)21-17(22)16(19-20-18(21)23)12-9-14-5-3-2-4-6-14/h2-12H,1H3,(H,20,23)/b12-9+. The lowest BCUT2D eigenvalue weighted by molar-refractivity contribution is 0.791. The van der Waals surface area contributed by atoms with Crippen LogP contribution in [-0.2, 0) is 0 Å². The van der Waals surface area contributed by atoms with Crippen molar-refractivity contribution in [1.29, 1.82) is 0 Å². The van der Waals surface area contributed by atoms with Gasteiger partial charge in [0.05, 0.1) is 5.69 Å². The van der Waals surface area contributed by atoms with E-state index in [2.05, 4.69) is 10.2 Å². The number of benzene rings is 2. The lowest BCUT2D eigenvalue weighted by atomic mass is 10.2. The van der Waals surface area contributed by atoms with Crippen molar-refractivity contribution in [3.8, 4) is 5.69 Å². The van der Waals surface area contributed by atoms with Crippen LogP contribution in [0.5, 0.6) is 0 Å². The molecule has 3 aromatic rings. The van der Waals surface area contributed by atoms with Gasteiger partial charge in [-0.1, -0.05) is 54.1 Å². The Balaban J connectivity index is 2.06. The van der Waals surface area contributed by atoms with Gasteiger partial charge in [0.25, 0.3) is 5.56 Å². The summed E-state index contributed by atoms with van der Waals surface area (Å²) in [5.41, 5.74) is 1.67. The number of nitrogens with one attached hydrogen (secondary N) is 1. The van der Waals surface area contributed by atoms with Crippen molar-refractivity contribution < 1.29 is 0 Å². The highest BCUT2D eigenvalue weighted by molar-refractivity contribution is 5.67. The smallest absolute Gasteiger partial charge is 0.266 e. The molecule has 0 bridgehead atoms. The number of aryl methyl sites for hydroxylation is 1. The van der Waals surface area contributed by atoms with Gasteiger partial charge in [0.1, 0.15) is 5.69 Å². The van der Waals surface area contributed by atoms with Crippen molar-refractivity contribution in [3.63, 3.8) is 0 Å². The second kappa shape index (κ2) is 6.27. The second-order valence-electron chi connectivity index (χ2n) is 5.13. The van der Waals surface area contributed by atoms with Crippen molar-refractivity contribution in [1.82, 2.24) is 14.8 Å². The Labute approximate surface area is 132 Å². The molecule has 0 radical (unpaired) electrons. The third kappa shape index (κ3) is 3.18. The van der Waals surface area contributed by atoms with Gasteiger partial charge < -0.3 is 0 Å². The SMILES string of the molecule is Cc1ccc(-n2c(=O)[nH]nc(/C=C/c3ccccc3)c2=O)cc1. The fourth-order valence-corrected chi connectivity index (χ4v) is 2.19. The molecule has 0 atom stereocenters. The van der Waals surface area contributed by atoms with Crippen LogP contribution in [-0.4, -0.2) is 14.8 Å². The van der Waals surface area contributed by atoms with Crippen LogP contribution in [0.15, 0.2) is 64.2 Å². The maximum absolute atomic E-state index is 12.5. The Hall–Kier alpha value is -3.21. The van der Waals surface area contributed by atoms with Crippen molar-refractivity contribution in [2.45, 2.75) is 6.92 Å². The summed E-state index contributed by atoms with van der Waals surface area (Å²) in [6.07, 6.45) is 3.37. The van der Waals surface area contributed by atoms with Crippen LogP contribution in [0.25, 0.3) is 17.8 Å². The molecule has 0 amide bonds. The lowest BCUT2D eigenvalue weighted by Crippen LogP contribution is -2.36. The second-order valence-corrected chi connectivity index (χ2v) is 5.13. The van der Waals surface area contributed by atoms with E-state index in [-0.39, 0.29) is 5.69 Å². The highest BCUT2D eigenvalue weighted by Gasteiger charge is 2.08. The molecule has 1 N–H and O–H groups in total. The first-order valence-corrected chi connectivity index (χ1v) is 7.17. The van der Waals surface area contributed by atoms with E-state index in [1.165, 1.54) is 0 Å². The van der Waals surface area contributed by atoms with Crippen LogP contribution in [0.3, 0.4) is 0 Å². The molecule has 2 aromatic carbocycles. The summed E-state index contributed by atoms with van der Waals surface area (Å²) in [6, 6.07) is 16.7. The Morgan fingerprint density at radius 2 is 1.65 bits per heavy atom. The van der Waals surface area contributed by atoms with Gasteiger partial charge in [-0.25, -0.2) is 14.5 Å². The van der Waals surface area contributed by atoms with Crippen LogP contribution < -0.4 is 11.2 Å². The fourth-order valence-electron chi connectivity index (χ4n) is 2.19. The van der Waals surface area contributed by atoms with E-state index in [9.17, 15) is 9.59 Å². The van der Waals surface area contributed by atoms with Crippen molar-refractivity contribution >= 4 is 12.2 Å². The van der Waals surface area contributed by atoms with E-state index in [4.69, 9.17) is 0 Å². The van der Waals surface area contributed by atoms with Crippen molar-refractivity contribution in [2.24, 2.45) is 0 Å². The molecule has 0 saturated heterocycles. The molecule has 0 fully saturated rings. The van der Waals surface area contributed by atoms with E-state index in [1.54, 1.807) is 24.3 Å². The number of nitrogens with zero attached hydrogens (tertiary/aromatic N) is 2. The number of aromatic nitrogens is 3. The number of H-pyrrole nitrogens is 1. The lowest BCUT2D eigenvalue weighted by Gasteiger charge is -2.05. The van der Waals surface area contributed by atoms with Gasteiger partial charge in [0, 0.05) is 0 Å². The predicted octanol–water partition coefficient (Wildman–Crippen LogP) is 2.40. The Morgan fingerprint density at radius 3 is 2.35 bits per heavy atom. The van der Waals surface area contributed by atoms with Crippen LogP contribution in [0.4, 0.5) is 0 Å². The molecule has 0 spiro atoms. The van der Waals surface area contributed by atoms with E-state index < -0.39 is 11.2 Å². The quantitative estimate of drug-likeness (QED) is 0.808. The zero-order chi connectivity index (χ0) is 16.2. The summed E-state index contributed by atoms with van der Waals surface area (Å²) in [4.78, 5) is 24.5. The largest absolute Gasteiger partial charge is 0.349 e. The predicted molar refractivity (Wildman–Crippen MR) is 90.6 cm³/mol. The highest BCUT2D eigenvalue weighted by Crippen LogP contribution is 2.06. The molecule has 0 aliphatic rings. The van der Waals surface area contributed by atoms with Crippen LogP contribution in [0, 0.1) is 6.92 Å². The van der Waals surface area contributed by atoms with Gasteiger partial charge >= 0.3 is 5.69 Å². The van der Waals surface area contributed by atoms with Gasteiger partial charge in [-0.05, 0) is 30.7 Å². The molecule has 0 unspecified atom stereocenters. The first kappa shape index (κ1) is 14.7. The summed E-state index contributed by atoms with van der Waals surface area (Å²) in [5.74, 6) is 0. The molecule has 23 heavy (non-hydrogen) atoms. The average molecular weight is 305 g/mol. The van der Waals surface area contributed by atoms with Crippen LogP contribution >= 0.6 is 0 Å². The minimum absolute atomic E-state index is 0.175. The topological polar surface area (TPSA) is 67.8 Å². The zero-order valence-electron chi connectivity index (χ0n) is 12.6. The first-order chi connectivity index (χ1) is 11.1. The minimum atomic E-state index is -0.560. The number of rotatable bonds is 3. The summed E-state index contributed by atoms with van der Waals surface area (Å²) in [6.45, 7) is 1.94. The fraction of sp³-hybridized carbons (Fsp3) is 0.0556. The molecular weight excluding hydrogens is 290 g/mol. The van der Waals surface area contributed by atoms with Crippen molar-refractivity contribution in [3.05, 3.63) is 92.3 Å².